The zero-order valence-corrected chi connectivity index (χ0v) is 9.84. The standard InChI is InChI=1S/C8H12Cl2N4/c1-5(2)4-14(3)7-6(9)12-13-8(10)11-7/h5H,4H2,1-3H3. The van der Waals surface area contributed by atoms with E-state index in [4.69, 9.17) is 23.2 Å². The Hall–Kier alpha value is -0.610. The Kier molecular flexibility index (Phi) is 3.89. The van der Waals surface area contributed by atoms with Gasteiger partial charge < -0.3 is 4.90 Å². The molecule has 1 aromatic rings. The van der Waals surface area contributed by atoms with Crippen LogP contribution < -0.4 is 4.90 Å². The van der Waals surface area contributed by atoms with Crippen LogP contribution in [0.3, 0.4) is 0 Å². The van der Waals surface area contributed by atoms with Crippen LogP contribution in [-0.4, -0.2) is 28.8 Å². The van der Waals surface area contributed by atoms with Crippen LogP contribution in [0.25, 0.3) is 0 Å². The van der Waals surface area contributed by atoms with Gasteiger partial charge in [0.15, 0.2) is 11.0 Å². The minimum atomic E-state index is 0.111. The lowest BCUT2D eigenvalue weighted by molar-refractivity contribution is 0.633. The smallest absolute Gasteiger partial charge is 0.245 e. The van der Waals surface area contributed by atoms with Gasteiger partial charge in [0, 0.05) is 13.6 Å². The number of hydrogen-bond donors (Lipinski definition) is 0. The predicted octanol–water partition coefficient (Wildman–Crippen LogP) is 2.27. The van der Waals surface area contributed by atoms with E-state index < -0.39 is 0 Å². The first kappa shape index (κ1) is 11.5. The first-order chi connectivity index (χ1) is 6.50. The summed E-state index contributed by atoms with van der Waals surface area (Å²) in [6.45, 7) is 5.07. The minimum absolute atomic E-state index is 0.111. The molecule has 0 N–H and O–H groups in total. The van der Waals surface area contributed by atoms with Crippen LogP contribution in [0, 0.1) is 5.92 Å². The Labute approximate surface area is 93.2 Å². The summed E-state index contributed by atoms with van der Waals surface area (Å²) in [5.41, 5.74) is 0. The quantitative estimate of drug-likeness (QED) is 0.805. The van der Waals surface area contributed by atoms with Crippen molar-refractivity contribution >= 4 is 29.0 Å². The zero-order chi connectivity index (χ0) is 10.7. The molecule has 4 nitrogen and oxygen atoms in total. The van der Waals surface area contributed by atoms with Crippen molar-refractivity contribution in [3.05, 3.63) is 10.4 Å². The molecule has 1 aromatic heterocycles. The average molecular weight is 235 g/mol. The number of anilines is 1. The van der Waals surface area contributed by atoms with E-state index in [0.29, 0.717) is 11.7 Å². The lowest BCUT2D eigenvalue weighted by Gasteiger charge is -2.20. The third-order valence-corrected chi connectivity index (χ3v) is 2.01. The molecule has 14 heavy (non-hydrogen) atoms. The van der Waals surface area contributed by atoms with E-state index in [1.807, 2.05) is 11.9 Å². The lowest BCUT2D eigenvalue weighted by Crippen LogP contribution is -2.24. The maximum atomic E-state index is 5.84. The second-order valence-corrected chi connectivity index (χ2v) is 4.17. The molecule has 0 aliphatic heterocycles. The third kappa shape index (κ3) is 2.96. The fourth-order valence-electron chi connectivity index (χ4n) is 1.16. The van der Waals surface area contributed by atoms with Crippen molar-refractivity contribution in [2.75, 3.05) is 18.5 Å². The zero-order valence-electron chi connectivity index (χ0n) is 8.33. The topological polar surface area (TPSA) is 41.9 Å². The van der Waals surface area contributed by atoms with Gasteiger partial charge in [-0.3, -0.25) is 0 Å². The number of rotatable bonds is 3. The normalized spacial score (nSPS) is 10.7. The van der Waals surface area contributed by atoms with E-state index in [0.717, 1.165) is 6.54 Å². The van der Waals surface area contributed by atoms with Gasteiger partial charge in [0.05, 0.1) is 0 Å². The summed E-state index contributed by atoms with van der Waals surface area (Å²) in [6, 6.07) is 0. The summed E-state index contributed by atoms with van der Waals surface area (Å²) in [6.07, 6.45) is 0. The Morgan fingerprint density at radius 1 is 1.29 bits per heavy atom. The van der Waals surface area contributed by atoms with Gasteiger partial charge in [-0.15, -0.1) is 10.2 Å². The molecule has 6 heteroatoms. The van der Waals surface area contributed by atoms with Crippen LogP contribution in [0.1, 0.15) is 13.8 Å². The number of halogens is 2. The highest BCUT2D eigenvalue weighted by Crippen LogP contribution is 2.20. The van der Waals surface area contributed by atoms with Gasteiger partial charge in [0.1, 0.15) is 0 Å². The molecular formula is C8H12Cl2N4. The van der Waals surface area contributed by atoms with Crippen molar-refractivity contribution in [2.45, 2.75) is 13.8 Å². The largest absolute Gasteiger partial charge is 0.357 e. The molecule has 0 aromatic carbocycles. The van der Waals surface area contributed by atoms with Crippen LogP contribution in [0.4, 0.5) is 5.82 Å². The molecule has 0 fully saturated rings. The van der Waals surface area contributed by atoms with Crippen molar-refractivity contribution in [1.82, 2.24) is 15.2 Å². The van der Waals surface area contributed by atoms with Gasteiger partial charge in [-0.1, -0.05) is 25.4 Å². The van der Waals surface area contributed by atoms with Crippen molar-refractivity contribution in [1.29, 1.82) is 0 Å². The summed E-state index contributed by atoms with van der Waals surface area (Å²) >= 11 is 11.5. The fraction of sp³-hybridized carbons (Fsp3) is 0.625. The summed E-state index contributed by atoms with van der Waals surface area (Å²) < 4.78 is 0. The number of hydrogen-bond acceptors (Lipinski definition) is 4. The Morgan fingerprint density at radius 2 is 1.93 bits per heavy atom. The van der Waals surface area contributed by atoms with Crippen LogP contribution in [0.2, 0.25) is 10.4 Å². The molecule has 0 bridgehead atoms. The number of nitrogens with zero attached hydrogens (tertiary/aromatic N) is 4. The molecule has 1 heterocycles. The summed E-state index contributed by atoms with van der Waals surface area (Å²) in [5, 5.41) is 7.62. The molecular weight excluding hydrogens is 223 g/mol. The molecule has 0 radical (unpaired) electrons. The third-order valence-electron chi connectivity index (χ3n) is 1.60. The Morgan fingerprint density at radius 3 is 2.50 bits per heavy atom. The summed E-state index contributed by atoms with van der Waals surface area (Å²) in [7, 11) is 1.90. The first-order valence-electron chi connectivity index (χ1n) is 4.27. The van der Waals surface area contributed by atoms with Gasteiger partial charge in [-0.2, -0.15) is 4.98 Å². The van der Waals surface area contributed by atoms with E-state index in [-0.39, 0.29) is 10.4 Å². The molecule has 0 unspecified atom stereocenters. The molecule has 0 aliphatic rings. The van der Waals surface area contributed by atoms with Crippen LogP contribution in [0.15, 0.2) is 0 Å². The van der Waals surface area contributed by atoms with Gasteiger partial charge in [-0.05, 0) is 17.5 Å². The molecule has 0 atom stereocenters. The highest BCUT2D eigenvalue weighted by Gasteiger charge is 2.11. The maximum absolute atomic E-state index is 5.84. The molecule has 0 saturated heterocycles. The summed E-state index contributed by atoms with van der Waals surface area (Å²) in [5.74, 6) is 1.09. The molecule has 0 spiro atoms. The van der Waals surface area contributed by atoms with E-state index in [2.05, 4.69) is 29.0 Å². The first-order valence-corrected chi connectivity index (χ1v) is 5.03. The predicted molar refractivity (Wildman–Crippen MR) is 58.0 cm³/mol. The van der Waals surface area contributed by atoms with Crippen LogP contribution >= 0.6 is 23.2 Å². The Balaban J connectivity index is 2.88. The van der Waals surface area contributed by atoms with E-state index in [1.165, 1.54) is 0 Å². The number of aromatic nitrogens is 3. The van der Waals surface area contributed by atoms with Gasteiger partial charge >= 0.3 is 0 Å². The molecule has 78 valence electrons. The van der Waals surface area contributed by atoms with Crippen molar-refractivity contribution in [2.24, 2.45) is 5.92 Å². The lowest BCUT2D eigenvalue weighted by atomic mass is 10.2. The van der Waals surface area contributed by atoms with E-state index in [1.54, 1.807) is 0 Å². The minimum Gasteiger partial charge on any atom is -0.357 e. The highest BCUT2D eigenvalue weighted by atomic mass is 35.5. The Bertz CT molecular complexity index is 316. The fourth-order valence-corrected chi connectivity index (χ4v) is 1.50. The molecule has 0 amide bonds. The van der Waals surface area contributed by atoms with Crippen LogP contribution in [-0.2, 0) is 0 Å². The van der Waals surface area contributed by atoms with Crippen molar-refractivity contribution < 1.29 is 0 Å². The second kappa shape index (κ2) is 4.75. The molecule has 0 saturated carbocycles. The van der Waals surface area contributed by atoms with Gasteiger partial charge in [0.2, 0.25) is 5.28 Å². The van der Waals surface area contributed by atoms with E-state index >= 15 is 0 Å². The SMILES string of the molecule is CC(C)CN(C)c1nc(Cl)nnc1Cl. The average Bonchev–Trinajstić information content (AvgIpc) is 2.08. The monoisotopic (exact) mass is 234 g/mol. The summed E-state index contributed by atoms with van der Waals surface area (Å²) in [4.78, 5) is 5.92. The molecule has 1 rings (SSSR count). The van der Waals surface area contributed by atoms with E-state index in [9.17, 15) is 0 Å². The van der Waals surface area contributed by atoms with Crippen LogP contribution in [0.5, 0.6) is 0 Å². The maximum Gasteiger partial charge on any atom is 0.245 e. The van der Waals surface area contributed by atoms with Gasteiger partial charge in [0.25, 0.3) is 0 Å². The molecule has 0 aliphatic carbocycles. The second-order valence-electron chi connectivity index (χ2n) is 3.47. The van der Waals surface area contributed by atoms with Gasteiger partial charge in [-0.25, -0.2) is 0 Å². The highest BCUT2D eigenvalue weighted by molar-refractivity contribution is 6.32. The van der Waals surface area contributed by atoms with Crippen molar-refractivity contribution in [3.63, 3.8) is 0 Å². The van der Waals surface area contributed by atoms with Crippen molar-refractivity contribution in [3.8, 4) is 0 Å².